The first kappa shape index (κ1) is 10.5. The molecule has 2 atom stereocenters. The summed E-state index contributed by atoms with van der Waals surface area (Å²) >= 11 is 0. The largest absolute Gasteiger partial charge is 0.391 e. The normalized spacial score (nSPS) is 23.1. The molecule has 0 spiro atoms. The van der Waals surface area contributed by atoms with Crippen molar-refractivity contribution in [2.24, 2.45) is 0 Å². The number of nitrogens with zero attached hydrogens (tertiary/aromatic N) is 1. The van der Waals surface area contributed by atoms with Crippen LogP contribution in [0.15, 0.2) is 24.3 Å². The molecule has 1 aromatic rings. The van der Waals surface area contributed by atoms with E-state index in [2.05, 4.69) is 4.90 Å². The molecule has 82 valence electrons. The van der Waals surface area contributed by atoms with Gasteiger partial charge in [-0.15, -0.1) is 0 Å². The van der Waals surface area contributed by atoms with Gasteiger partial charge in [0.2, 0.25) is 0 Å². The Balaban J connectivity index is 2.10. The fraction of sp³-hybridized carbons (Fsp3) is 0.500. The van der Waals surface area contributed by atoms with Crippen LogP contribution in [0.4, 0.5) is 5.69 Å². The zero-order valence-corrected chi connectivity index (χ0v) is 8.93. The van der Waals surface area contributed by atoms with Gasteiger partial charge in [-0.3, -0.25) is 0 Å². The number of benzene rings is 1. The van der Waals surface area contributed by atoms with Crippen molar-refractivity contribution in [2.75, 3.05) is 18.0 Å². The predicted octanol–water partition coefficient (Wildman–Crippen LogP) is 1.31. The lowest BCUT2D eigenvalue weighted by molar-refractivity contribution is 0.198. The van der Waals surface area contributed by atoms with Crippen molar-refractivity contribution in [1.82, 2.24) is 0 Å². The summed E-state index contributed by atoms with van der Waals surface area (Å²) in [5.41, 5.74) is 2.05. The summed E-state index contributed by atoms with van der Waals surface area (Å²) in [6, 6.07) is 7.87. The lowest BCUT2D eigenvalue weighted by atomic mass is 10.1. The van der Waals surface area contributed by atoms with E-state index in [0.717, 1.165) is 24.2 Å². The zero-order valence-electron chi connectivity index (χ0n) is 8.93. The maximum absolute atomic E-state index is 9.42. The van der Waals surface area contributed by atoms with E-state index in [-0.39, 0.29) is 6.10 Å². The van der Waals surface area contributed by atoms with Crippen LogP contribution in [0.3, 0.4) is 0 Å². The lowest BCUT2D eigenvalue weighted by Crippen LogP contribution is -2.20. The van der Waals surface area contributed by atoms with Crippen LogP contribution >= 0.6 is 0 Å². The molecule has 1 aliphatic heterocycles. The smallest absolute Gasteiger partial charge is 0.0761 e. The van der Waals surface area contributed by atoms with Gasteiger partial charge >= 0.3 is 0 Å². The third-order valence-electron chi connectivity index (χ3n) is 2.90. The first-order chi connectivity index (χ1) is 7.16. The van der Waals surface area contributed by atoms with E-state index in [9.17, 15) is 10.2 Å². The van der Waals surface area contributed by atoms with Crippen LogP contribution in [0, 0.1) is 0 Å². The fourth-order valence-corrected chi connectivity index (χ4v) is 1.94. The molecule has 0 aromatic heterocycles. The van der Waals surface area contributed by atoms with E-state index in [1.165, 1.54) is 0 Å². The van der Waals surface area contributed by atoms with Gasteiger partial charge in [-0.1, -0.05) is 12.1 Å². The van der Waals surface area contributed by atoms with Crippen LogP contribution in [0.25, 0.3) is 0 Å². The highest BCUT2D eigenvalue weighted by Gasteiger charge is 2.20. The van der Waals surface area contributed by atoms with E-state index in [1.54, 1.807) is 6.92 Å². The van der Waals surface area contributed by atoms with Gasteiger partial charge in [0.25, 0.3) is 0 Å². The van der Waals surface area contributed by atoms with E-state index < -0.39 is 6.10 Å². The number of rotatable bonds is 2. The van der Waals surface area contributed by atoms with E-state index in [0.29, 0.717) is 6.54 Å². The highest BCUT2D eigenvalue weighted by Crippen LogP contribution is 2.22. The molecule has 0 aliphatic carbocycles. The van der Waals surface area contributed by atoms with Gasteiger partial charge in [-0.2, -0.15) is 0 Å². The Labute approximate surface area is 90.0 Å². The van der Waals surface area contributed by atoms with E-state index in [4.69, 9.17) is 0 Å². The first-order valence-corrected chi connectivity index (χ1v) is 5.38. The standard InChI is InChI=1S/C12H17NO2/c1-9(14)10-2-4-11(5-3-10)13-7-6-12(15)8-13/h2-5,9,12,14-15H,6-8H2,1H3/t9-,12?/m1/s1. The molecule has 3 nitrogen and oxygen atoms in total. The molecular weight excluding hydrogens is 190 g/mol. The average Bonchev–Trinajstić information content (AvgIpc) is 2.65. The quantitative estimate of drug-likeness (QED) is 0.768. The van der Waals surface area contributed by atoms with Gasteiger partial charge in [0.1, 0.15) is 0 Å². The van der Waals surface area contributed by atoms with Gasteiger partial charge in [-0.05, 0) is 31.0 Å². The SMILES string of the molecule is C[C@@H](O)c1ccc(N2CCC(O)C2)cc1. The Morgan fingerprint density at radius 3 is 2.47 bits per heavy atom. The second-order valence-corrected chi connectivity index (χ2v) is 4.16. The van der Waals surface area contributed by atoms with Gasteiger partial charge in [0, 0.05) is 18.8 Å². The molecular formula is C12H17NO2. The summed E-state index contributed by atoms with van der Waals surface area (Å²) in [5.74, 6) is 0. The fourth-order valence-electron chi connectivity index (χ4n) is 1.94. The number of hydrogen-bond donors (Lipinski definition) is 2. The van der Waals surface area contributed by atoms with Gasteiger partial charge in [0.15, 0.2) is 0 Å². The molecule has 15 heavy (non-hydrogen) atoms. The molecule has 1 heterocycles. The summed E-state index contributed by atoms with van der Waals surface area (Å²) in [4.78, 5) is 2.16. The predicted molar refractivity (Wildman–Crippen MR) is 59.9 cm³/mol. The van der Waals surface area contributed by atoms with Crippen LogP contribution in [0.5, 0.6) is 0 Å². The van der Waals surface area contributed by atoms with Crippen molar-refractivity contribution in [1.29, 1.82) is 0 Å². The molecule has 0 saturated carbocycles. The molecule has 0 bridgehead atoms. The Bertz CT molecular complexity index is 321. The first-order valence-electron chi connectivity index (χ1n) is 5.38. The lowest BCUT2D eigenvalue weighted by Gasteiger charge is -2.18. The van der Waals surface area contributed by atoms with Crippen molar-refractivity contribution in [2.45, 2.75) is 25.6 Å². The van der Waals surface area contributed by atoms with Crippen LogP contribution in [-0.2, 0) is 0 Å². The Morgan fingerprint density at radius 2 is 2.00 bits per heavy atom. The third-order valence-corrected chi connectivity index (χ3v) is 2.90. The molecule has 1 saturated heterocycles. The molecule has 1 aromatic carbocycles. The zero-order chi connectivity index (χ0) is 10.8. The third kappa shape index (κ3) is 2.30. The minimum Gasteiger partial charge on any atom is -0.391 e. The molecule has 1 unspecified atom stereocenters. The second kappa shape index (κ2) is 4.21. The molecule has 2 N–H and O–H groups in total. The minimum atomic E-state index is -0.414. The Kier molecular flexibility index (Phi) is 2.93. The summed E-state index contributed by atoms with van der Waals surface area (Å²) in [7, 11) is 0. The summed E-state index contributed by atoms with van der Waals surface area (Å²) in [5, 5.41) is 18.8. The number of β-amino-alcohol motifs (C(OH)–C–C–N with tert-alkyl or cyclic N) is 1. The molecule has 1 aliphatic rings. The Hall–Kier alpha value is -1.06. The van der Waals surface area contributed by atoms with Crippen LogP contribution in [0.2, 0.25) is 0 Å². The molecule has 0 amide bonds. The molecule has 3 heteroatoms. The monoisotopic (exact) mass is 207 g/mol. The maximum atomic E-state index is 9.42. The van der Waals surface area contributed by atoms with Gasteiger partial charge in [0.05, 0.1) is 12.2 Å². The van der Waals surface area contributed by atoms with Gasteiger partial charge in [-0.25, -0.2) is 0 Å². The van der Waals surface area contributed by atoms with Crippen molar-refractivity contribution < 1.29 is 10.2 Å². The van der Waals surface area contributed by atoms with Gasteiger partial charge < -0.3 is 15.1 Å². The topological polar surface area (TPSA) is 43.7 Å². The maximum Gasteiger partial charge on any atom is 0.0761 e. The summed E-state index contributed by atoms with van der Waals surface area (Å²) in [6.45, 7) is 3.39. The van der Waals surface area contributed by atoms with Crippen molar-refractivity contribution >= 4 is 5.69 Å². The minimum absolute atomic E-state index is 0.193. The average molecular weight is 207 g/mol. The van der Waals surface area contributed by atoms with Crippen molar-refractivity contribution in [3.63, 3.8) is 0 Å². The van der Waals surface area contributed by atoms with E-state index >= 15 is 0 Å². The number of hydrogen-bond acceptors (Lipinski definition) is 3. The number of aliphatic hydroxyl groups excluding tert-OH is 2. The summed E-state index contributed by atoms with van der Waals surface area (Å²) in [6.07, 6.45) is 0.239. The van der Waals surface area contributed by atoms with Crippen molar-refractivity contribution in [3.8, 4) is 0 Å². The second-order valence-electron chi connectivity index (χ2n) is 4.16. The van der Waals surface area contributed by atoms with Crippen LogP contribution in [0.1, 0.15) is 25.0 Å². The highest BCUT2D eigenvalue weighted by atomic mass is 16.3. The molecule has 2 rings (SSSR count). The number of anilines is 1. The van der Waals surface area contributed by atoms with Crippen molar-refractivity contribution in [3.05, 3.63) is 29.8 Å². The molecule has 0 radical (unpaired) electrons. The molecule has 1 fully saturated rings. The Morgan fingerprint density at radius 1 is 1.33 bits per heavy atom. The van der Waals surface area contributed by atoms with Crippen LogP contribution < -0.4 is 4.90 Å². The van der Waals surface area contributed by atoms with E-state index in [1.807, 2.05) is 24.3 Å². The highest BCUT2D eigenvalue weighted by molar-refractivity contribution is 5.48. The summed E-state index contributed by atoms with van der Waals surface area (Å²) < 4.78 is 0. The van der Waals surface area contributed by atoms with Crippen LogP contribution in [-0.4, -0.2) is 29.4 Å². The number of aliphatic hydroxyl groups is 2.